The zero-order valence-electron chi connectivity index (χ0n) is 14.3. The minimum atomic E-state index is -0.552. The maximum Gasteiger partial charge on any atom is 0.230 e. The van der Waals surface area contributed by atoms with E-state index < -0.39 is 5.41 Å². The van der Waals surface area contributed by atoms with Gasteiger partial charge < -0.3 is 10.6 Å². The number of nitrogens with one attached hydrogen (secondary N) is 2. The Morgan fingerprint density at radius 3 is 2.67 bits per heavy atom. The molecular weight excluding hydrogens is 305 g/mol. The maximum absolute atomic E-state index is 13.7. The molecule has 1 saturated carbocycles. The molecule has 2 N–H and O–H groups in total. The fraction of sp³-hybridized carbons (Fsp3) is 0.632. The molecule has 3 rings (SSSR count). The molecule has 132 valence electrons. The van der Waals surface area contributed by atoms with Crippen molar-refractivity contribution in [1.82, 2.24) is 15.5 Å². The van der Waals surface area contributed by atoms with Gasteiger partial charge in [0.25, 0.3) is 0 Å². The van der Waals surface area contributed by atoms with Gasteiger partial charge >= 0.3 is 0 Å². The lowest BCUT2D eigenvalue weighted by molar-refractivity contribution is -0.128. The Kier molecular flexibility index (Phi) is 5.85. The highest BCUT2D eigenvalue weighted by molar-refractivity contribution is 5.88. The van der Waals surface area contributed by atoms with Crippen LogP contribution in [-0.4, -0.2) is 50.1 Å². The number of hydrogen-bond acceptors (Lipinski definition) is 3. The zero-order chi connectivity index (χ0) is 16.8. The molecule has 1 aromatic rings. The molecule has 4 nitrogen and oxygen atoms in total. The van der Waals surface area contributed by atoms with Crippen molar-refractivity contribution in [3.8, 4) is 0 Å². The van der Waals surface area contributed by atoms with Gasteiger partial charge in [0, 0.05) is 39.3 Å². The third-order valence-electron chi connectivity index (χ3n) is 5.44. The Labute approximate surface area is 143 Å². The monoisotopic (exact) mass is 333 g/mol. The van der Waals surface area contributed by atoms with Crippen LogP contribution in [0, 0.1) is 5.82 Å². The van der Waals surface area contributed by atoms with E-state index in [1.807, 2.05) is 6.07 Å². The summed E-state index contributed by atoms with van der Waals surface area (Å²) < 4.78 is 13.7. The van der Waals surface area contributed by atoms with E-state index in [4.69, 9.17) is 0 Å². The van der Waals surface area contributed by atoms with Gasteiger partial charge in [0.15, 0.2) is 0 Å². The van der Waals surface area contributed by atoms with Gasteiger partial charge in [-0.05, 0) is 30.5 Å². The number of rotatable bonds is 5. The van der Waals surface area contributed by atoms with Crippen molar-refractivity contribution in [1.29, 1.82) is 0 Å². The fourth-order valence-corrected chi connectivity index (χ4v) is 4.02. The van der Waals surface area contributed by atoms with Crippen LogP contribution in [0.2, 0.25) is 0 Å². The first kappa shape index (κ1) is 17.4. The summed E-state index contributed by atoms with van der Waals surface area (Å²) in [5.74, 6) is -0.186. The Bertz CT molecular complexity index is 551. The highest BCUT2D eigenvalue weighted by Gasteiger charge is 2.41. The van der Waals surface area contributed by atoms with Gasteiger partial charge in [-0.15, -0.1) is 0 Å². The maximum atomic E-state index is 13.7. The Balaban J connectivity index is 1.65. The van der Waals surface area contributed by atoms with Crippen molar-refractivity contribution in [3.05, 3.63) is 35.6 Å². The number of nitrogens with zero attached hydrogens (tertiary/aromatic N) is 1. The van der Waals surface area contributed by atoms with E-state index in [2.05, 4.69) is 15.5 Å². The van der Waals surface area contributed by atoms with Gasteiger partial charge in [-0.25, -0.2) is 4.39 Å². The Hall–Kier alpha value is -1.46. The first-order valence-corrected chi connectivity index (χ1v) is 9.18. The number of halogens is 1. The number of carbonyl (C=O) groups is 1. The van der Waals surface area contributed by atoms with Gasteiger partial charge in [-0.1, -0.05) is 31.4 Å². The molecule has 1 heterocycles. The third-order valence-corrected chi connectivity index (χ3v) is 5.44. The molecule has 1 saturated heterocycles. The van der Waals surface area contributed by atoms with Crippen molar-refractivity contribution in [2.24, 2.45) is 0 Å². The summed E-state index contributed by atoms with van der Waals surface area (Å²) in [7, 11) is 0. The van der Waals surface area contributed by atoms with E-state index in [1.165, 1.54) is 6.07 Å². The van der Waals surface area contributed by atoms with Crippen LogP contribution in [0.15, 0.2) is 24.3 Å². The fourth-order valence-electron chi connectivity index (χ4n) is 4.02. The minimum Gasteiger partial charge on any atom is -0.354 e. The van der Waals surface area contributed by atoms with Crippen LogP contribution < -0.4 is 10.6 Å². The number of hydrogen-bond donors (Lipinski definition) is 2. The van der Waals surface area contributed by atoms with Crippen molar-refractivity contribution in [2.45, 2.75) is 37.5 Å². The molecule has 5 heteroatoms. The van der Waals surface area contributed by atoms with E-state index >= 15 is 0 Å². The normalized spacial score (nSPS) is 21.4. The van der Waals surface area contributed by atoms with E-state index in [1.54, 1.807) is 12.1 Å². The molecule has 2 aliphatic rings. The molecule has 24 heavy (non-hydrogen) atoms. The smallest absolute Gasteiger partial charge is 0.230 e. The second-order valence-corrected chi connectivity index (χ2v) is 7.00. The molecule has 1 aliphatic heterocycles. The van der Waals surface area contributed by atoms with Crippen LogP contribution >= 0.6 is 0 Å². The minimum absolute atomic E-state index is 0.0722. The van der Waals surface area contributed by atoms with Crippen molar-refractivity contribution in [3.63, 3.8) is 0 Å². The van der Waals surface area contributed by atoms with Gasteiger partial charge in [0.1, 0.15) is 5.82 Å². The number of piperazine rings is 1. The SMILES string of the molecule is O=C(NCCN1CCNCC1)C1(c2cccc(F)c2)CCCCC1. The largest absolute Gasteiger partial charge is 0.354 e. The van der Waals surface area contributed by atoms with Crippen LogP contribution in [0.1, 0.15) is 37.7 Å². The van der Waals surface area contributed by atoms with Gasteiger partial charge in [-0.2, -0.15) is 0 Å². The lowest BCUT2D eigenvalue weighted by Gasteiger charge is -2.37. The van der Waals surface area contributed by atoms with Crippen molar-refractivity contribution < 1.29 is 9.18 Å². The molecule has 0 atom stereocenters. The van der Waals surface area contributed by atoms with Crippen LogP contribution in [0.5, 0.6) is 0 Å². The Morgan fingerprint density at radius 1 is 1.21 bits per heavy atom. The second-order valence-electron chi connectivity index (χ2n) is 7.00. The average Bonchev–Trinajstić information content (AvgIpc) is 2.63. The summed E-state index contributed by atoms with van der Waals surface area (Å²) in [6, 6.07) is 6.61. The second kappa shape index (κ2) is 8.08. The molecule has 0 aromatic heterocycles. The average molecular weight is 333 g/mol. The van der Waals surface area contributed by atoms with Crippen LogP contribution in [0.3, 0.4) is 0 Å². The standard InChI is InChI=1S/C19H28FN3O/c20-17-6-4-5-16(15-17)19(7-2-1-3-8-19)18(24)22-11-14-23-12-9-21-10-13-23/h4-6,15,21H,1-3,7-14H2,(H,22,24). The zero-order valence-corrected chi connectivity index (χ0v) is 14.3. The lowest BCUT2D eigenvalue weighted by Crippen LogP contribution is -2.50. The number of benzene rings is 1. The predicted molar refractivity (Wildman–Crippen MR) is 93.5 cm³/mol. The summed E-state index contributed by atoms with van der Waals surface area (Å²) in [6.07, 6.45) is 4.85. The molecule has 1 aromatic carbocycles. The highest BCUT2D eigenvalue weighted by atomic mass is 19.1. The Morgan fingerprint density at radius 2 is 1.96 bits per heavy atom. The summed E-state index contributed by atoms with van der Waals surface area (Å²) in [5, 5.41) is 6.47. The summed E-state index contributed by atoms with van der Waals surface area (Å²) in [4.78, 5) is 15.4. The predicted octanol–water partition coefficient (Wildman–Crippen LogP) is 2.05. The molecule has 2 fully saturated rings. The van der Waals surface area contributed by atoms with Gasteiger partial charge in [0.2, 0.25) is 5.91 Å². The molecule has 0 spiro atoms. The number of carbonyl (C=O) groups excluding carboxylic acids is 1. The van der Waals surface area contributed by atoms with Gasteiger partial charge in [-0.3, -0.25) is 9.69 Å². The van der Waals surface area contributed by atoms with E-state index in [9.17, 15) is 9.18 Å². The lowest BCUT2D eigenvalue weighted by atomic mass is 9.68. The van der Waals surface area contributed by atoms with Crippen molar-refractivity contribution >= 4 is 5.91 Å². The molecule has 0 radical (unpaired) electrons. The number of amides is 1. The molecule has 1 amide bonds. The van der Waals surface area contributed by atoms with Gasteiger partial charge in [0.05, 0.1) is 5.41 Å². The third kappa shape index (κ3) is 3.95. The van der Waals surface area contributed by atoms with Crippen molar-refractivity contribution in [2.75, 3.05) is 39.3 Å². The molecule has 0 unspecified atom stereocenters. The summed E-state index contributed by atoms with van der Waals surface area (Å²) in [6.45, 7) is 5.64. The first-order chi connectivity index (χ1) is 11.7. The van der Waals surface area contributed by atoms with E-state index in [0.717, 1.165) is 70.4 Å². The first-order valence-electron chi connectivity index (χ1n) is 9.18. The molecule has 1 aliphatic carbocycles. The summed E-state index contributed by atoms with van der Waals surface area (Å²) >= 11 is 0. The van der Waals surface area contributed by atoms with Crippen LogP contribution in [0.25, 0.3) is 0 Å². The van der Waals surface area contributed by atoms with E-state index in [-0.39, 0.29) is 11.7 Å². The highest BCUT2D eigenvalue weighted by Crippen LogP contribution is 2.39. The topological polar surface area (TPSA) is 44.4 Å². The van der Waals surface area contributed by atoms with Crippen LogP contribution in [0.4, 0.5) is 4.39 Å². The summed E-state index contributed by atoms with van der Waals surface area (Å²) in [5.41, 5.74) is 0.283. The van der Waals surface area contributed by atoms with Crippen LogP contribution in [-0.2, 0) is 10.2 Å². The van der Waals surface area contributed by atoms with E-state index in [0.29, 0.717) is 6.54 Å². The molecule has 0 bridgehead atoms. The molecular formula is C19H28FN3O. The quantitative estimate of drug-likeness (QED) is 0.867.